The SMILES string of the molecule is CC1CN(C)CCC1n1cncc1[C@@H](C)N. The molecule has 16 heavy (non-hydrogen) atoms. The first-order valence-electron chi connectivity index (χ1n) is 6.05. The summed E-state index contributed by atoms with van der Waals surface area (Å²) in [4.78, 5) is 6.63. The Labute approximate surface area is 97.4 Å². The molecule has 0 bridgehead atoms. The molecule has 1 aromatic rings. The van der Waals surface area contributed by atoms with E-state index in [4.69, 9.17) is 5.73 Å². The molecular weight excluding hydrogens is 200 g/mol. The molecule has 1 fully saturated rings. The predicted octanol–water partition coefficient (Wildman–Crippen LogP) is 1.42. The molecule has 0 aromatic carbocycles. The van der Waals surface area contributed by atoms with Gasteiger partial charge in [0.25, 0.3) is 0 Å². The summed E-state index contributed by atoms with van der Waals surface area (Å²) in [5.41, 5.74) is 7.12. The van der Waals surface area contributed by atoms with E-state index in [1.807, 2.05) is 19.4 Å². The topological polar surface area (TPSA) is 47.1 Å². The van der Waals surface area contributed by atoms with Gasteiger partial charge in [0.05, 0.1) is 12.0 Å². The minimum absolute atomic E-state index is 0.0642. The highest BCUT2D eigenvalue weighted by Gasteiger charge is 2.27. The van der Waals surface area contributed by atoms with Crippen molar-refractivity contribution in [1.29, 1.82) is 0 Å². The van der Waals surface area contributed by atoms with Crippen LogP contribution in [-0.4, -0.2) is 34.6 Å². The third-order valence-electron chi connectivity index (χ3n) is 3.58. The van der Waals surface area contributed by atoms with E-state index in [1.54, 1.807) is 0 Å². The zero-order valence-electron chi connectivity index (χ0n) is 10.4. The second kappa shape index (κ2) is 4.55. The molecule has 3 atom stereocenters. The molecular formula is C12H22N4. The van der Waals surface area contributed by atoms with Crippen LogP contribution in [0.1, 0.15) is 38.0 Å². The van der Waals surface area contributed by atoms with Crippen molar-refractivity contribution in [3.8, 4) is 0 Å². The number of imidazole rings is 1. The Bertz CT molecular complexity index is 345. The summed E-state index contributed by atoms with van der Waals surface area (Å²) >= 11 is 0. The number of hydrogen-bond acceptors (Lipinski definition) is 3. The monoisotopic (exact) mass is 222 g/mol. The van der Waals surface area contributed by atoms with Crippen molar-refractivity contribution in [2.75, 3.05) is 20.1 Å². The lowest BCUT2D eigenvalue weighted by molar-refractivity contribution is 0.156. The Balaban J connectivity index is 2.20. The molecule has 2 heterocycles. The second-order valence-corrected chi connectivity index (χ2v) is 5.11. The molecule has 2 rings (SSSR count). The number of likely N-dealkylation sites (tertiary alicyclic amines) is 1. The highest BCUT2D eigenvalue weighted by molar-refractivity contribution is 5.06. The summed E-state index contributed by atoms with van der Waals surface area (Å²) in [7, 11) is 2.19. The van der Waals surface area contributed by atoms with E-state index in [0.717, 1.165) is 18.8 Å². The van der Waals surface area contributed by atoms with Crippen molar-refractivity contribution in [2.45, 2.75) is 32.4 Å². The van der Waals surface area contributed by atoms with E-state index < -0.39 is 0 Å². The van der Waals surface area contributed by atoms with E-state index in [-0.39, 0.29) is 6.04 Å². The van der Waals surface area contributed by atoms with Crippen molar-refractivity contribution in [3.05, 3.63) is 18.2 Å². The van der Waals surface area contributed by atoms with Crippen LogP contribution in [0, 0.1) is 5.92 Å². The Kier molecular flexibility index (Phi) is 3.30. The minimum atomic E-state index is 0.0642. The lowest BCUT2D eigenvalue weighted by atomic mass is 9.93. The summed E-state index contributed by atoms with van der Waals surface area (Å²) < 4.78 is 2.28. The van der Waals surface area contributed by atoms with E-state index in [0.29, 0.717) is 12.0 Å². The highest BCUT2D eigenvalue weighted by Crippen LogP contribution is 2.29. The number of nitrogens with two attached hydrogens (primary N) is 1. The van der Waals surface area contributed by atoms with Gasteiger partial charge in [-0.25, -0.2) is 4.98 Å². The van der Waals surface area contributed by atoms with Crippen LogP contribution in [0.25, 0.3) is 0 Å². The maximum atomic E-state index is 5.97. The molecule has 2 unspecified atom stereocenters. The summed E-state index contributed by atoms with van der Waals surface area (Å²) in [6, 6.07) is 0.619. The molecule has 2 N–H and O–H groups in total. The summed E-state index contributed by atoms with van der Waals surface area (Å²) in [6.07, 6.45) is 5.02. The molecule has 1 aromatic heterocycles. The molecule has 1 saturated heterocycles. The largest absolute Gasteiger partial charge is 0.330 e. The maximum absolute atomic E-state index is 5.97. The first kappa shape index (κ1) is 11.6. The van der Waals surface area contributed by atoms with E-state index in [2.05, 4.69) is 28.4 Å². The second-order valence-electron chi connectivity index (χ2n) is 5.11. The van der Waals surface area contributed by atoms with Gasteiger partial charge in [-0.15, -0.1) is 0 Å². The lowest BCUT2D eigenvalue weighted by Crippen LogP contribution is -2.38. The molecule has 0 spiro atoms. The van der Waals surface area contributed by atoms with Gasteiger partial charge in [0.15, 0.2) is 0 Å². The van der Waals surface area contributed by atoms with E-state index in [1.165, 1.54) is 6.42 Å². The molecule has 1 aliphatic rings. The van der Waals surface area contributed by atoms with Crippen molar-refractivity contribution in [1.82, 2.24) is 14.5 Å². The van der Waals surface area contributed by atoms with Crippen molar-refractivity contribution in [3.63, 3.8) is 0 Å². The first-order valence-corrected chi connectivity index (χ1v) is 6.05. The number of piperidine rings is 1. The van der Waals surface area contributed by atoms with Crippen LogP contribution in [0.5, 0.6) is 0 Å². The average molecular weight is 222 g/mol. The van der Waals surface area contributed by atoms with Gasteiger partial charge in [-0.05, 0) is 32.9 Å². The Hall–Kier alpha value is -0.870. The maximum Gasteiger partial charge on any atom is 0.0951 e. The molecule has 0 amide bonds. The third kappa shape index (κ3) is 2.13. The number of nitrogens with zero attached hydrogens (tertiary/aromatic N) is 3. The molecule has 4 heteroatoms. The fourth-order valence-electron chi connectivity index (χ4n) is 2.70. The van der Waals surface area contributed by atoms with Crippen molar-refractivity contribution < 1.29 is 0 Å². The molecule has 1 aliphatic heterocycles. The quantitative estimate of drug-likeness (QED) is 0.823. The zero-order valence-corrected chi connectivity index (χ0v) is 10.4. The minimum Gasteiger partial charge on any atom is -0.330 e. The van der Waals surface area contributed by atoms with Gasteiger partial charge in [-0.2, -0.15) is 0 Å². The predicted molar refractivity (Wildman–Crippen MR) is 65.1 cm³/mol. The molecule has 4 nitrogen and oxygen atoms in total. The van der Waals surface area contributed by atoms with Gasteiger partial charge in [-0.3, -0.25) is 0 Å². The lowest BCUT2D eigenvalue weighted by Gasteiger charge is -2.36. The normalized spacial score (nSPS) is 29.2. The van der Waals surface area contributed by atoms with Gasteiger partial charge in [0.2, 0.25) is 0 Å². The standard InChI is InChI=1S/C12H22N4/c1-9-7-15(3)5-4-11(9)16-8-14-6-12(16)10(2)13/h6,8-11H,4-5,7,13H2,1-3H3/t9?,10-,11?/m1/s1. The fraction of sp³-hybridized carbons (Fsp3) is 0.750. The third-order valence-corrected chi connectivity index (χ3v) is 3.58. The Morgan fingerprint density at radius 1 is 1.56 bits per heavy atom. The fourth-order valence-corrected chi connectivity index (χ4v) is 2.70. The molecule has 0 radical (unpaired) electrons. The average Bonchev–Trinajstić information content (AvgIpc) is 2.66. The number of aromatic nitrogens is 2. The van der Waals surface area contributed by atoms with Crippen molar-refractivity contribution >= 4 is 0 Å². The van der Waals surface area contributed by atoms with Crippen LogP contribution in [-0.2, 0) is 0 Å². The van der Waals surface area contributed by atoms with Gasteiger partial charge in [0.1, 0.15) is 0 Å². The van der Waals surface area contributed by atoms with Gasteiger partial charge in [0, 0.05) is 24.8 Å². The summed E-state index contributed by atoms with van der Waals surface area (Å²) in [5.74, 6) is 0.658. The van der Waals surface area contributed by atoms with Crippen LogP contribution in [0.2, 0.25) is 0 Å². The Morgan fingerprint density at radius 2 is 2.31 bits per heavy atom. The first-order chi connectivity index (χ1) is 7.59. The molecule has 90 valence electrons. The number of rotatable bonds is 2. The summed E-state index contributed by atoms with van der Waals surface area (Å²) in [5, 5.41) is 0. The number of hydrogen-bond donors (Lipinski definition) is 1. The Morgan fingerprint density at radius 3 is 2.94 bits per heavy atom. The van der Waals surface area contributed by atoms with Gasteiger partial charge >= 0.3 is 0 Å². The van der Waals surface area contributed by atoms with Crippen LogP contribution < -0.4 is 5.73 Å². The van der Waals surface area contributed by atoms with Crippen LogP contribution >= 0.6 is 0 Å². The van der Waals surface area contributed by atoms with Gasteiger partial charge < -0.3 is 15.2 Å². The van der Waals surface area contributed by atoms with Crippen molar-refractivity contribution in [2.24, 2.45) is 11.7 Å². The highest BCUT2D eigenvalue weighted by atomic mass is 15.2. The molecule has 0 aliphatic carbocycles. The van der Waals surface area contributed by atoms with Crippen LogP contribution in [0.4, 0.5) is 0 Å². The van der Waals surface area contributed by atoms with E-state index >= 15 is 0 Å². The smallest absolute Gasteiger partial charge is 0.0951 e. The zero-order chi connectivity index (χ0) is 11.7. The van der Waals surface area contributed by atoms with E-state index in [9.17, 15) is 0 Å². The van der Waals surface area contributed by atoms with Gasteiger partial charge in [-0.1, -0.05) is 6.92 Å². The molecule has 0 saturated carbocycles. The van der Waals surface area contributed by atoms with Crippen LogP contribution in [0.15, 0.2) is 12.5 Å². The summed E-state index contributed by atoms with van der Waals surface area (Å²) in [6.45, 7) is 6.64. The van der Waals surface area contributed by atoms with Crippen LogP contribution in [0.3, 0.4) is 0 Å².